The molecule has 0 bridgehead atoms. The van der Waals surface area contributed by atoms with Gasteiger partial charge in [0.05, 0.1) is 17.6 Å². The lowest BCUT2D eigenvalue weighted by Crippen LogP contribution is -2.38. The molecule has 2 aromatic carbocycles. The smallest absolute Gasteiger partial charge is 0.272 e. The van der Waals surface area contributed by atoms with Crippen LogP contribution in [0, 0.1) is 0 Å². The minimum Gasteiger partial charge on any atom is -0.496 e. The van der Waals surface area contributed by atoms with E-state index in [9.17, 15) is 9.59 Å². The van der Waals surface area contributed by atoms with E-state index in [1.165, 1.54) is 11.3 Å². The van der Waals surface area contributed by atoms with E-state index in [2.05, 4.69) is 15.3 Å². The zero-order valence-electron chi connectivity index (χ0n) is 20.8. The van der Waals surface area contributed by atoms with Gasteiger partial charge in [0.15, 0.2) is 11.5 Å². The monoisotopic (exact) mass is 530 g/mol. The Kier molecular flexibility index (Phi) is 6.55. The molecular weight excluding hydrogens is 504 g/mol. The first-order chi connectivity index (χ1) is 18.6. The number of hydrogen-bond donors (Lipinski definition) is 1. The number of ether oxygens (including phenoxy) is 3. The van der Waals surface area contributed by atoms with E-state index in [4.69, 9.17) is 14.2 Å². The highest BCUT2D eigenvalue weighted by Gasteiger charge is 2.28. The fourth-order valence-corrected chi connectivity index (χ4v) is 5.79. The number of hydrogen-bond acceptors (Lipinski definition) is 8. The van der Waals surface area contributed by atoms with Gasteiger partial charge in [0, 0.05) is 42.4 Å². The topological polar surface area (TPSA) is 103 Å². The van der Waals surface area contributed by atoms with Gasteiger partial charge in [-0.2, -0.15) is 0 Å². The van der Waals surface area contributed by atoms with E-state index in [1.54, 1.807) is 18.6 Å². The highest BCUT2D eigenvalue weighted by molar-refractivity contribution is 7.09. The quantitative estimate of drug-likeness (QED) is 0.395. The average Bonchev–Trinajstić information content (AvgIpc) is 3.65. The molecule has 0 aliphatic carbocycles. The summed E-state index contributed by atoms with van der Waals surface area (Å²) in [5.41, 5.74) is 2.46. The number of para-hydroxylation sites is 1. The average molecular weight is 531 g/mol. The second-order valence-electron chi connectivity index (χ2n) is 9.23. The summed E-state index contributed by atoms with van der Waals surface area (Å²) >= 11 is 1.49. The zero-order valence-corrected chi connectivity index (χ0v) is 21.6. The summed E-state index contributed by atoms with van der Waals surface area (Å²) < 4.78 is 16.2. The molecular formula is C28H26N4O5S. The maximum Gasteiger partial charge on any atom is 0.272 e. The van der Waals surface area contributed by atoms with E-state index in [1.807, 2.05) is 47.4 Å². The number of amides is 2. The van der Waals surface area contributed by atoms with Gasteiger partial charge in [-0.25, -0.2) is 9.97 Å². The molecule has 0 saturated carbocycles. The molecule has 4 aromatic rings. The van der Waals surface area contributed by atoms with Crippen molar-refractivity contribution >= 4 is 34.1 Å². The summed E-state index contributed by atoms with van der Waals surface area (Å²) in [6.07, 6.45) is 1.56. The van der Waals surface area contributed by atoms with Crippen molar-refractivity contribution in [2.75, 3.05) is 27.0 Å². The van der Waals surface area contributed by atoms with Gasteiger partial charge in [-0.05, 0) is 42.7 Å². The van der Waals surface area contributed by atoms with Gasteiger partial charge in [-0.15, -0.1) is 11.3 Å². The van der Waals surface area contributed by atoms with Crippen LogP contribution >= 0.6 is 11.3 Å². The molecule has 0 atom stereocenters. The van der Waals surface area contributed by atoms with Crippen LogP contribution in [0.15, 0.2) is 53.9 Å². The number of benzene rings is 2. The number of likely N-dealkylation sites (tertiary alicyclic amines) is 1. The number of pyridine rings is 1. The molecule has 38 heavy (non-hydrogen) atoms. The number of nitrogens with zero attached hydrogens (tertiary/aromatic N) is 3. The second kappa shape index (κ2) is 10.3. The van der Waals surface area contributed by atoms with Crippen molar-refractivity contribution in [1.82, 2.24) is 20.2 Å². The van der Waals surface area contributed by atoms with Gasteiger partial charge in [0.25, 0.3) is 11.8 Å². The Hall–Kier alpha value is -4.18. The molecule has 2 amide bonds. The van der Waals surface area contributed by atoms with Crippen molar-refractivity contribution < 1.29 is 23.8 Å². The first kappa shape index (κ1) is 24.2. The van der Waals surface area contributed by atoms with E-state index in [0.717, 1.165) is 34.3 Å². The van der Waals surface area contributed by atoms with Gasteiger partial charge < -0.3 is 24.4 Å². The predicted octanol–water partition coefficient (Wildman–Crippen LogP) is 4.38. The third-order valence-electron chi connectivity index (χ3n) is 6.89. The molecule has 6 rings (SSSR count). The van der Waals surface area contributed by atoms with Gasteiger partial charge in [0.2, 0.25) is 6.79 Å². The lowest BCUT2D eigenvalue weighted by molar-refractivity contribution is 0.0707. The lowest BCUT2D eigenvalue weighted by Gasteiger charge is -2.31. The molecule has 1 N–H and O–H groups in total. The normalized spacial score (nSPS) is 15.0. The minimum atomic E-state index is -0.214. The van der Waals surface area contributed by atoms with Crippen LogP contribution in [-0.2, 0) is 6.54 Å². The number of methoxy groups -OCH3 is 1. The summed E-state index contributed by atoms with van der Waals surface area (Å²) in [4.78, 5) is 37.0. The first-order valence-corrected chi connectivity index (χ1v) is 13.3. The molecule has 0 radical (unpaired) electrons. The molecule has 194 valence electrons. The molecule has 4 heterocycles. The largest absolute Gasteiger partial charge is 0.496 e. The van der Waals surface area contributed by atoms with Crippen LogP contribution in [0.3, 0.4) is 0 Å². The van der Waals surface area contributed by atoms with Crippen LogP contribution in [0.4, 0.5) is 0 Å². The van der Waals surface area contributed by atoms with Crippen LogP contribution in [0.1, 0.15) is 50.3 Å². The first-order valence-electron chi connectivity index (χ1n) is 12.4. The molecule has 1 saturated heterocycles. The van der Waals surface area contributed by atoms with Crippen LogP contribution in [-0.4, -0.2) is 53.7 Å². The minimum absolute atomic E-state index is 0.102. The zero-order chi connectivity index (χ0) is 26.1. The highest BCUT2D eigenvalue weighted by Crippen LogP contribution is 2.33. The van der Waals surface area contributed by atoms with Crippen molar-refractivity contribution in [2.45, 2.75) is 25.3 Å². The Bertz CT molecular complexity index is 1510. The summed E-state index contributed by atoms with van der Waals surface area (Å²) in [6.45, 7) is 1.79. The number of rotatable bonds is 6. The SMILES string of the molecule is COc1cc(C(=O)N2CCC(c3nc(C(=O)NCc4ccc5c(c4)OCO5)cs3)CC2)nc2ccccc12. The Morgan fingerprint density at radius 2 is 1.87 bits per heavy atom. The highest BCUT2D eigenvalue weighted by atomic mass is 32.1. The number of nitrogens with one attached hydrogen (secondary N) is 1. The number of thiazole rings is 1. The van der Waals surface area contributed by atoms with Gasteiger partial charge >= 0.3 is 0 Å². The van der Waals surface area contributed by atoms with Gasteiger partial charge in [-0.1, -0.05) is 18.2 Å². The second-order valence-corrected chi connectivity index (χ2v) is 10.1. The molecule has 2 aromatic heterocycles. The van der Waals surface area contributed by atoms with E-state index in [-0.39, 0.29) is 24.5 Å². The molecule has 1 fully saturated rings. The fraction of sp³-hybridized carbons (Fsp3) is 0.286. The van der Waals surface area contributed by atoms with E-state index >= 15 is 0 Å². The van der Waals surface area contributed by atoms with Crippen molar-refractivity contribution in [3.8, 4) is 17.2 Å². The molecule has 2 aliphatic heterocycles. The fourth-order valence-electron chi connectivity index (χ4n) is 4.82. The number of aromatic nitrogens is 2. The summed E-state index contributed by atoms with van der Waals surface area (Å²) in [6, 6.07) is 15.0. The third kappa shape index (κ3) is 4.74. The molecule has 0 unspecified atom stereocenters. The number of carbonyl (C=O) groups is 2. The number of fused-ring (bicyclic) bond motifs is 2. The standard InChI is InChI=1S/C28H26N4O5S/c1-35-24-13-21(30-20-5-3-2-4-19(20)24)28(34)32-10-8-18(9-11-32)27-31-22(15-38-27)26(33)29-14-17-6-7-23-25(12-17)37-16-36-23/h2-7,12-13,15,18H,8-11,14,16H2,1H3,(H,29,33). The Morgan fingerprint density at radius 3 is 2.71 bits per heavy atom. The van der Waals surface area contributed by atoms with E-state index < -0.39 is 0 Å². The molecule has 2 aliphatic rings. The summed E-state index contributed by atoms with van der Waals surface area (Å²) in [5, 5.41) is 6.53. The van der Waals surface area contributed by atoms with Crippen LogP contribution in [0.25, 0.3) is 10.9 Å². The Labute approximate surface area is 223 Å². The van der Waals surface area contributed by atoms with Crippen LogP contribution in [0.2, 0.25) is 0 Å². The predicted molar refractivity (Wildman–Crippen MR) is 142 cm³/mol. The lowest BCUT2D eigenvalue weighted by atomic mass is 9.97. The number of carbonyl (C=O) groups excluding carboxylic acids is 2. The van der Waals surface area contributed by atoms with Gasteiger partial charge in [0.1, 0.15) is 17.1 Å². The molecule has 0 spiro atoms. The summed E-state index contributed by atoms with van der Waals surface area (Å²) in [7, 11) is 1.60. The van der Waals surface area contributed by atoms with Crippen molar-refractivity contribution in [1.29, 1.82) is 0 Å². The summed E-state index contributed by atoms with van der Waals surface area (Å²) in [5.74, 6) is 1.93. The molecule has 9 nitrogen and oxygen atoms in total. The Morgan fingerprint density at radius 1 is 1.05 bits per heavy atom. The maximum atomic E-state index is 13.2. The van der Waals surface area contributed by atoms with Gasteiger partial charge in [-0.3, -0.25) is 9.59 Å². The van der Waals surface area contributed by atoms with Crippen molar-refractivity contribution in [2.24, 2.45) is 0 Å². The van der Waals surface area contributed by atoms with Crippen LogP contribution < -0.4 is 19.5 Å². The molecule has 10 heteroatoms. The Balaban J connectivity index is 1.06. The maximum absolute atomic E-state index is 13.2. The van der Waals surface area contributed by atoms with Crippen molar-refractivity contribution in [3.63, 3.8) is 0 Å². The van der Waals surface area contributed by atoms with Crippen LogP contribution in [0.5, 0.6) is 17.2 Å². The number of piperidine rings is 1. The third-order valence-corrected chi connectivity index (χ3v) is 7.90. The van der Waals surface area contributed by atoms with E-state index in [0.29, 0.717) is 48.3 Å². The van der Waals surface area contributed by atoms with Crippen molar-refractivity contribution in [3.05, 3.63) is 75.9 Å².